The Morgan fingerprint density at radius 3 is 2.56 bits per heavy atom. The first-order valence-electron chi connectivity index (χ1n) is 11.1. The van der Waals surface area contributed by atoms with Gasteiger partial charge in [0.15, 0.2) is 0 Å². The molecule has 0 unspecified atom stereocenters. The summed E-state index contributed by atoms with van der Waals surface area (Å²) in [5, 5.41) is 3.26. The molecular weight excluding hydrogens is 402 g/mol. The number of nitrogens with one attached hydrogen (secondary N) is 1. The third-order valence-electron chi connectivity index (χ3n) is 6.08. The van der Waals surface area contributed by atoms with Crippen molar-refractivity contribution in [3.05, 3.63) is 65.0 Å². The van der Waals surface area contributed by atoms with Crippen LogP contribution in [-0.4, -0.2) is 57.5 Å². The van der Waals surface area contributed by atoms with Gasteiger partial charge in [0.25, 0.3) is 0 Å². The Labute approximate surface area is 188 Å². The fraction of sp³-hybridized carbons (Fsp3) is 0.375. The highest BCUT2D eigenvalue weighted by Crippen LogP contribution is 2.26. The number of nitrogen functional groups attached to an aromatic ring is 1. The molecule has 166 valence electrons. The van der Waals surface area contributed by atoms with Crippen LogP contribution in [0.2, 0.25) is 0 Å². The van der Waals surface area contributed by atoms with Crippen LogP contribution in [0.25, 0.3) is 0 Å². The van der Waals surface area contributed by atoms with Crippen molar-refractivity contribution in [3.8, 4) is 5.75 Å². The fourth-order valence-electron chi connectivity index (χ4n) is 4.30. The lowest BCUT2D eigenvalue weighted by molar-refractivity contribution is 0.120. The summed E-state index contributed by atoms with van der Waals surface area (Å²) in [4.78, 5) is 18.1. The van der Waals surface area contributed by atoms with E-state index in [1.54, 1.807) is 0 Å². The van der Waals surface area contributed by atoms with Crippen LogP contribution in [0.4, 0.5) is 17.6 Å². The van der Waals surface area contributed by atoms with Gasteiger partial charge in [0.2, 0.25) is 11.9 Å². The van der Waals surface area contributed by atoms with Gasteiger partial charge in [0, 0.05) is 44.8 Å². The first-order chi connectivity index (χ1) is 15.6. The van der Waals surface area contributed by atoms with Gasteiger partial charge in [0.1, 0.15) is 11.6 Å². The monoisotopic (exact) mass is 431 g/mol. The van der Waals surface area contributed by atoms with Gasteiger partial charge in [0.05, 0.1) is 13.2 Å². The number of anilines is 3. The molecule has 3 aromatic rings. The Morgan fingerprint density at radius 1 is 0.969 bits per heavy atom. The zero-order chi connectivity index (χ0) is 21.9. The van der Waals surface area contributed by atoms with Gasteiger partial charge in [-0.3, -0.25) is 9.80 Å². The molecule has 0 saturated carbocycles. The van der Waals surface area contributed by atoms with Gasteiger partial charge < -0.3 is 15.8 Å². The number of benzene rings is 2. The molecule has 8 nitrogen and oxygen atoms in total. The van der Waals surface area contributed by atoms with E-state index in [4.69, 9.17) is 10.5 Å². The van der Waals surface area contributed by atoms with E-state index in [1.807, 2.05) is 31.2 Å². The number of para-hydroxylation sites is 1. The Morgan fingerprint density at radius 2 is 1.75 bits per heavy atom. The molecule has 0 amide bonds. The molecule has 0 spiro atoms. The maximum Gasteiger partial charge on any atom is 0.232 e. The van der Waals surface area contributed by atoms with E-state index in [1.165, 1.54) is 11.1 Å². The van der Waals surface area contributed by atoms with Gasteiger partial charge in [-0.25, -0.2) is 0 Å². The normalized spacial score (nSPS) is 16.5. The first kappa shape index (κ1) is 20.7. The highest BCUT2D eigenvalue weighted by molar-refractivity contribution is 5.58. The number of aryl methyl sites for hydroxylation is 1. The molecule has 3 heterocycles. The van der Waals surface area contributed by atoms with Crippen molar-refractivity contribution in [2.45, 2.75) is 26.4 Å². The lowest BCUT2D eigenvalue weighted by Gasteiger charge is -2.34. The average Bonchev–Trinajstić information content (AvgIpc) is 3.24. The standard InChI is InChI=1S/C24H29N7O/c1-17-4-2-3-5-20(17)26-24-28-22(27-23(25)29-24)16-31-11-9-30(10-12-31)15-18-6-7-21-19(14-18)8-13-32-21/h2-7,14H,8-13,15-16H2,1H3,(H3,25,26,27,28,29). The summed E-state index contributed by atoms with van der Waals surface area (Å²) in [5.41, 5.74) is 10.8. The third-order valence-corrected chi connectivity index (χ3v) is 6.08. The van der Waals surface area contributed by atoms with Crippen molar-refractivity contribution in [1.82, 2.24) is 24.8 Å². The quantitative estimate of drug-likeness (QED) is 0.616. The number of hydrogen-bond acceptors (Lipinski definition) is 8. The molecule has 0 atom stereocenters. The molecule has 0 radical (unpaired) electrons. The number of rotatable bonds is 6. The molecule has 2 aliphatic heterocycles. The summed E-state index contributed by atoms with van der Waals surface area (Å²) in [7, 11) is 0. The molecule has 3 N–H and O–H groups in total. The lowest BCUT2D eigenvalue weighted by Crippen LogP contribution is -2.45. The zero-order valence-corrected chi connectivity index (χ0v) is 18.4. The minimum atomic E-state index is 0.241. The summed E-state index contributed by atoms with van der Waals surface area (Å²) in [6.07, 6.45) is 1.02. The molecule has 1 fully saturated rings. The summed E-state index contributed by atoms with van der Waals surface area (Å²) in [6.45, 7) is 8.47. The van der Waals surface area contributed by atoms with Crippen molar-refractivity contribution in [2.75, 3.05) is 43.8 Å². The topological polar surface area (TPSA) is 92.4 Å². The lowest BCUT2D eigenvalue weighted by atomic mass is 10.1. The summed E-state index contributed by atoms with van der Waals surface area (Å²) in [5.74, 6) is 2.47. The van der Waals surface area contributed by atoms with Crippen LogP contribution in [0.3, 0.4) is 0 Å². The zero-order valence-electron chi connectivity index (χ0n) is 18.4. The van der Waals surface area contributed by atoms with Crippen LogP contribution in [0.15, 0.2) is 42.5 Å². The van der Waals surface area contributed by atoms with Gasteiger partial charge >= 0.3 is 0 Å². The maximum absolute atomic E-state index is 5.97. The predicted molar refractivity (Wildman–Crippen MR) is 125 cm³/mol. The van der Waals surface area contributed by atoms with Crippen molar-refractivity contribution < 1.29 is 4.74 Å². The van der Waals surface area contributed by atoms with E-state index in [2.05, 4.69) is 48.3 Å². The van der Waals surface area contributed by atoms with Gasteiger partial charge in [-0.05, 0) is 35.7 Å². The highest BCUT2D eigenvalue weighted by atomic mass is 16.5. The second-order valence-corrected chi connectivity index (χ2v) is 8.47. The maximum atomic E-state index is 5.97. The number of hydrogen-bond donors (Lipinski definition) is 2. The molecule has 8 heteroatoms. The van der Waals surface area contributed by atoms with Crippen LogP contribution in [0, 0.1) is 6.92 Å². The number of nitrogens with two attached hydrogens (primary N) is 1. The Balaban J connectivity index is 1.17. The van der Waals surface area contributed by atoms with Crippen molar-refractivity contribution in [1.29, 1.82) is 0 Å². The smallest absolute Gasteiger partial charge is 0.232 e. The van der Waals surface area contributed by atoms with E-state index >= 15 is 0 Å². The Bertz CT molecular complexity index is 1100. The molecular formula is C24H29N7O. The van der Waals surface area contributed by atoms with E-state index in [0.717, 1.165) is 62.8 Å². The second-order valence-electron chi connectivity index (χ2n) is 8.47. The van der Waals surface area contributed by atoms with Gasteiger partial charge in [-0.15, -0.1) is 0 Å². The van der Waals surface area contributed by atoms with Crippen molar-refractivity contribution in [2.24, 2.45) is 0 Å². The minimum absolute atomic E-state index is 0.241. The van der Waals surface area contributed by atoms with Crippen LogP contribution in [0.1, 0.15) is 22.5 Å². The first-order valence-corrected chi connectivity index (χ1v) is 11.1. The van der Waals surface area contributed by atoms with Crippen LogP contribution in [0.5, 0.6) is 5.75 Å². The predicted octanol–water partition coefficient (Wildman–Crippen LogP) is 2.76. The van der Waals surface area contributed by atoms with Crippen molar-refractivity contribution >= 4 is 17.6 Å². The number of aromatic nitrogens is 3. The van der Waals surface area contributed by atoms with Gasteiger partial charge in [-0.1, -0.05) is 30.3 Å². The number of ether oxygens (including phenoxy) is 1. The van der Waals surface area contributed by atoms with Crippen LogP contribution in [-0.2, 0) is 19.5 Å². The summed E-state index contributed by atoms with van der Waals surface area (Å²) < 4.78 is 5.62. The van der Waals surface area contributed by atoms with E-state index in [9.17, 15) is 0 Å². The molecule has 32 heavy (non-hydrogen) atoms. The van der Waals surface area contributed by atoms with E-state index in [0.29, 0.717) is 18.3 Å². The number of fused-ring (bicyclic) bond motifs is 1. The minimum Gasteiger partial charge on any atom is -0.493 e. The second kappa shape index (κ2) is 9.10. The molecule has 0 bridgehead atoms. The Hall–Kier alpha value is -3.23. The highest BCUT2D eigenvalue weighted by Gasteiger charge is 2.20. The third kappa shape index (κ3) is 4.81. The number of piperazine rings is 1. The summed E-state index contributed by atoms with van der Waals surface area (Å²) >= 11 is 0. The Kier molecular flexibility index (Phi) is 5.87. The molecule has 1 aromatic heterocycles. The fourth-order valence-corrected chi connectivity index (χ4v) is 4.30. The molecule has 2 aliphatic rings. The molecule has 0 aliphatic carbocycles. The molecule has 1 saturated heterocycles. The van der Waals surface area contributed by atoms with Crippen molar-refractivity contribution in [3.63, 3.8) is 0 Å². The SMILES string of the molecule is Cc1ccccc1Nc1nc(N)nc(CN2CCN(Cc3ccc4c(c3)CCO4)CC2)n1. The summed E-state index contributed by atoms with van der Waals surface area (Å²) in [6, 6.07) is 14.6. The van der Waals surface area contributed by atoms with Gasteiger partial charge in [-0.2, -0.15) is 15.0 Å². The number of nitrogens with zero attached hydrogens (tertiary/aromatic N) is 5. The van der Waals surface area contributed by atoms with E-state index in [-0.39, 0.29) is 5.95 Å². The average molecular weight is 432 g/mol. The van der Waals surface area contributed by atoms with E-state index < -0.39 is 0 Å². The largest absolute Gasteiger partial charge is 0.493 e. The molecule has 5 rings (SSSR count). The van der Waals surface area contributed by atoms with Crippen LogP contribution < -0.4 is 15.8 Å². The molecule has 2 aromatic carbocycles. The van der Waals surface area contributed by atoms with Crippen LogP contribution >= 0.6 is 0 Å².